The predicted molar refractivity (Wildman–Crippen MR) is 61.9 cm³/mol. The van der Waals surface area contributed by atoms with Crippen molar-refractivity contribution in [2.24, 2.45) is 5.41 Å². The van der Waals surface area contributed by atoms with E-state index in [2.05, 4.69) is 33.5 Å². The van der Waals surface area contributed by atoms with Crippen LogP contribution in [0.5, 0.6) is 0 Å². The highest BCUT2D eigenvalue weighted by atomic mass is 35.5. The Hall–Kier alpha value is 0.507. The first-order chi connectivity index (χ1) is 5.39. The van der Waals surface area contributed by atoms with Crippen LogP contribution in [-0.2, 0) is 0 Å². The molecule has 0 spiro atoms. The van der Waals surface area contributed by atoms with Crippen molar-refractivity contribution < 1.29 is 0 Å². The van der Waals surface area contributed by atoms with Crippen LogP contribution in [0.25, 0.3) is 0 Å². The maximum absolute atomic E-state index is 6.05. The third kappa shape index (κ3) is 3.95. The van der Waals surface area contributed by atoms with Gasteiger partial charge in [0.05, 0.1) is 0 Å². The average molecular weight is 207 g/mol. The molecule has 0 nitrogen and oxygen atoms in total. The standard InChI is InChI=1S/C10H23ClSi/c1-6-10(7-2,8-11)9-12(3,4)5/h6-9H2,1-5H3. The minimum Gasteiger partial charge on any atom is -0.126 e. The fourth-order valence-corrected chi connectivity index (χ4v) is 5.37. The van der Waals surface area contributed by atoms with Gasteiger partial charge in [-0.2, -0.15) is 0 Å². The second kappa shape index (κ2) is 4.66. The molecular formula is C10H23ClSi. The molecule has 0 fully saturated rings. The number of alkyl halides is 1. The van der Waals surface area contributed by atoms with Crippen molar-refractivity contribution in [2.75, 3.05) is 5.88 Å². The molecule has 0 atom stereocenters. The average Bonchev–Trinajstić information content (AvgIpc) is 1.99. The lowest BCUT2D eigenvalue weighted by molar-refractivity contribution is 0.339. The van der Waals surface area contributed by atoms with Crippen LogP contribution in [0.1, 0.15) is 26.7 Å². The minimum atomic E-state index is -0.940. The molecule has 0 aliphatic carbocycles. The molecule has 74 valence electrons. The van der Waals surface area contributed by atoms with Gasteiger partial charge < -0.3 is 0 Å². The number of hydrogen-bond acceptors (Lipinski definition) is 0. The van der Waals surface area contributed by atoms with Gasteiger partial charge in [-0.1, -0.05) is 39.5 Å². The van der Waals surface area contributed by atoms with Gasteiger partial charge in [0.2, 0.25) is 0 Å². The van der Waals surface area contributed by atoms with Gasteiger partial charge in [0.1, 0.15) is 0 Å². The van der Waals surface area contributed by atoms with Gasteiger partial charge in [-0.05, 0) is 18.3 Å². The summed E-state index contributed by atoms with van der Waals surface area (Å²) < 4.78 is 0. The van der Waals surface area contributed by atoms with Crippen molar-refractivity contribution in [1.82, 2.24) is 0 Å². The first-order valence-corrected chi connectivity index (χ1v) is 9.19. The predicted octanol–water partition coefficient (Wildman–Crippen LogP) is 4.37. The molecule has 0 aliphatic heterocycles. The second-order valence-electron chi connectivity index (χ2n) is 5.08. The minimum absolute atomic E-state index is 0.437. The Morgan fingerprint density at radius 3 is 1.58 bits per heavy atom. The summed E-state index contributed by atoms with van der Waals surface area (Å²) in [5, 5.41) is 0. The van der Waals surface area contributed by atoms with Crippen molar-refractivity contribution >= 4 is 19.7 Å². The summed E-state index contributed by atoms with van der Waals surface area (Å²) in [6, 6.07) is 1.37. The molecule has 0 rings (SSSR count). The van der Waals surface area contributed by atoms with Gasteiger partial charge >= 0.3 is 0 Å². The molecule has 0 radical (unpaired) electrons. The Labute approximate surface area is 83.7 Å². The van der Waals surface area contributed by atoms with Crippen LogP contribution in [0.15, 0.2) is 0 Å². The van der Waals surface area contributed by atoms with Gasteiger partial charge in [0.25, 0.3) is 0 Å². The van der Waals surface area contributed by atoms with E-state index in [-0.39, 0.29) is 0 Å². The highest BCUT2D eigenvalue weighted by Crippen LogP contribution is 2.37. The maximum atomic E-state index is 6.05. The van der Waals surface area contributed by atoms with Crippen LogP contribution in [0.2, 0.25) is 25.7 Å². The van der Waals surface area contributed by atoms with E-state index in [9.17, 15) is 0 Å². The third-order valence-corrected chi connectivity index (χ3v) is 5.07. The summed E-state index contributed by atoms with van der Waals surface area (Å²) >= 11 is 6.05. The summed E-state index contributed by atoms with van der Waals surface area (Å²) in [6.45, 7) is 11.8. The van der Waals surface area contributed by atoms with Gasteiger partial charge in [-0.25, -0.2) is 0 Å². The van der Waals surface area contributed by atoms with Crippen LogP contribution >= 0.6 is 11.6 Å². The van der Waals surface area contributed by atoms with Gasteiger partial charge in [0, 0.05) is 14.0 Å². The van der Waals surface area contributed by atoms with E-state index in [4.69, 9.17) is 11.6 Å². The van der Waals surface area contributed by atoms with E-state index in [1.807, 2.05) is 0 Å². The fourth-order valence-electron chi connectivity index (χ4n) is 1.86. The van der Waals surface area contributed by atoms with E-state index in [0.29, 0.717) is 5.41 Å². The Kier molecular flexibility index (Phi) is 4.86. The van der Waals surface area contributed by atoms with Crippen molar-refractivity contribution in [1.29, 1.82) is 0 Å². The van der Waals surface area contributed by atoms with E-state index in [1.165, 1.54) is 18.9 Å². The van der Waals surface area contributed by atoms with Crippen molar-refractivity contribution in [3.63, 3.8) is 0 Å². The quantitative estimate of drug-likeness (QED) is 0.463. The zero-order valence-electron chi connectivity index (χ0n) is 9.21. The Bertz CT molecular complexity index is 114. The summed E-state index contributed by atoms with van der Waals surface area (Å²) in [6.07, 6.45) is 2.47. The first kappa shape index (κ1) is 12.5. The highest BCUT2D eigenvalue weighted by Gasteiger charge is 2.31. The summed E-state index contributed by atoms with van der Waals surface area (Å²) in [7, 11) is -0.940. The van der Waals surface area contributed by atoms with Crippen molar-refractivity contribution in [2.45, 2.75) is 52.4 Å². The topological polar surface area (TPSA) is 0 Å². The van der Waals surface area contributed by atoms with Crippen LogP contribution in [-0.4, -0.2) is 14.0 Å². The lowest BCUT2D eigenvalue weighted by Crippen LogP contribution is -2.33. The largest absolute Gasteiger partial charge is 0.126 e. The molecule has 0 aromatic carbocycles. The molecular weight excluding hydrogens is 184 g/mol. The number of rotatable bonds is 5. The van der Waals surface area contributed by atoms with Crippen LogP contribution in [0, 0.1) is 5.41 Å². The van der Waals surface area contributed by atoms with Gasteiger partial charge in [0.15, 0.2) is 0 Å². The molecule has 0 aromatic rings. The summed E-state index contributed by atoms with van der Waals surface area (Å²) in [4.78, 5) is 0. The normalized spacial score (nSPS) is 13.5. The zero-order chi connectivity index (χ0) is 9.83. The van der Waals surface area contributed by atoms with E-state index in [0.717, 1.165) is 5.88 Å². The molecule has 0 saturated carbocycles. The third-order valence-electron chi connectivity index (χ3n) is 2.69. The summed E-state index contributed by atoms with van der Waals surface area (Å²) in [5.74, 6) is 0.838. The van der Waals surface area contributed by atoms with E-state index < -0.39 is 8.07 Å². The Morgan fingerprint density at radius 2 is 1.50 bits per heavy atom. The molecule has 0 aliphatic rings. The van der Waals surface area contributed by atoms with Gasteiger partial charge in [-0.3, -0.25) is 0 Å². The lowest BCUT2D eigenvalue weighted by Gasteiger charge is -2.35. The molecule has 0 bridgehead atoms. The molecule has 0 amide bonds. The smallest absolute Gasteiger partial charge is 0.0448 e. The second-order valence-corrected chi connectivity index (χ2v) is 10.8. The molecule has 0 N–H and O–H groups in total. The van der Waals surface area contributed by atoms with E-state index >= 15 is 0 Å². The number of halogens is 1. The molecule has 0 unspecified atom stereocenters. The van der Waals surface area contributed by atoms with Crippen LogP contribution < -0.4 is 0 Å². The highest BCUT2D eigenvalue weighted by molar-refractivity contribution is 6.76. The van der Waals surface area contributed by atoms with Crippen molar-refractivity contribution in [3.8, 4) is 0 Å². The molecule has 0 aromatic heterocycles. The Balaban J connectivity index is 4.30. The molecule has 0 saturated heterocycles. The maximum Gasteiger partial charge on any atom is 0.0448 e. The SMILES string of the molecule is CCC(CC)(CCl)C[Si](C)(C)C. The van der Waals surface area contributed by atoms with E-state index in [1.54, 1.807) is 0 Å². The zero-order valence-corrected chi connectivity index (χ0v) is 11.0. The van der Waals surface area contributed by atoms with Crippen LogP contribution in [0.3, 0.4) is 0 Å². The first-order valence-electron chi connectivity index (χ1n) is 4.95. The summed E-state index contributed by atoms with van der Waals surface area (Å²) in [5.41, 5.74) is 0.437. The Morgan fingerprint density at radius 1 is 1.08 bits per heavy atom. The molecule has 2 heteroatoms. The molecule has 0 heterocycles. The van der Waals surface area contributed by atoms with Crippen molar-refractivity contribution in [3.05, 3.63) is 0 Å². The monoisotopic (exact) mass is 206 g/mol. The lowest BCUT2D eigenvalue weighted by atomic mass is 9.87. The van der Waals surface area contributed by atoms with Crippen LogP contribution in [0.4, 0.5) is 0 Å². The van der Waals surface area contributed by atoms with Gasteiger partial charge in [-0.15, -0.1) is 11.6 Å². The fraction of sp³-hybridized carbons (Fsp3) is 1.00. The number of hydrogen-bond donors (Lipinski definition) is 0. The molecule has 12 heavy (non-hydrogen) atoms.